The van der Waals surface area contributed by atoms with Crippen LogP contribution in [0.3, 0.4) is 0 Å². The van der Waals surface area contributed by atoms with Crippen LogP contribution >= 0.6 is 11.3 Å². The molecule has 10 heteroatoms. The van der Waals surface area contributed by atoms with E-state index in [2.05, 4.69) is 33.5 Å². The van der Waals surface area contributed by atoms with Crippen molar-refractivity contribution >= 4 is 40.5 Å². The lowest BCUT2D eigenvalue weighted by atomic mass is 10.0. The van der Waals surface area contributed by atoms with Gasteiger partial charge in [-0.3, -0.25) is 9.88 Å². The van der Waals surface area contributed by atoms with Crippen molar-refractivity contribution in [3.63, 3.8) is 0 Å². The molecule has 2 N–H and O–H groups in total. The van der Waals surface area contributed by atoms with Crippen LogP contribution in [0.4, 0.5) is 22.0 Å². The molecule has 5 rings (SSSR count). The van der Waals surface area contributed by atoms with Gasteiger partial charge in [-0.25, -0.2) is 14.6 Å². The molecule has 34 heavy (non-hydrogen) atoms. The van der Waals surface area contributed by atoms with Crippen LogP contribution in [0.2, 0.25) is 0 Å². The zero-order valence-corrected chi connectivity index (χ0v) is 19.9. The number of hydrogen-bond acceptors (Lipinski definition) is 8. The van der Waals surface area contributed by atoms with Gasteiger partial charge in [0, 0.05) is 60.6 Å². The van der Waals surface area contributed by atoms with Crippen LogP contribution in [0.25, 0.3) is 10.6 Å². The Morgan fingerprint density at radius 2 is 2.09 bits per heavy atom. The number of thiazole rings is 1. The molecule has 1 fully saturated rings. The highest BCUT2D eigenvalue weighted by Crippen LogP contribution is 2.39. The van der Waals surface area contributed by atoms with Gasteiger partial charge in [-0.2, -0.15) is 0 Å². The number of esters is 1. The summed E-state index contributed by atoms with van der Waals surface area (Å²) in [5.41, 5.74) is 3.69. The van der Waals surface area contributed by atoms with E-state index < -0.39 is 5.97 Å². The minimum Gasteiger partial charge on any atom is -0.462 e. The van der Waals surface area contributed by atoms with Gasteiger partial charge in [0.2, 0.25) is 0 Å². The minimum absolute atomic E-state index is 0.237. The van der Waals surface area contributed by atoms with E-state index in [1.807, 2.05) is 24.3 Å². The summed E-state index contributed by atoms with van der Waals surface area (Å²) >= 11 is 1.22. The molecule has 3 aromatic rings. The molecule has 1 atom stereocenters. The van der Waals surface area contributed by atoms with Crippen molar-refractivity contribution in [1.82, 2.24) is 15.3 Å². The van der Waals surface area contributed by atoms with E-state index in [9.17, 15) is 9.59 Å². The van der Waals surface area contributed by atoms with Crippen molar-refractivity contribution in [3.05, 3.63) is 53.2 Å². The number of piperazine rings is 1. The van der Waals surface area contributed by atoms with Crippen LogP contribution in [0, 0.1) is 0 Å². The molecule has 0 spiro atoms. The number of amides is 2. The fraction of sp³-hybridized carbons (Fsp3) is 0.333. The Bertz CT molecular complexity index is 1210. The molecular formula is C24H26N6O3S. The first kappa shape index (κ1) is 22.3. The van der Waals surface area contributed by atoms with Crippen molar-refractivity contribution in [1.29, 1.82) is 0 Å². The number of ether oxygens (including phenoxy) is 1. The van der Waals surface area contributed by atoms with Gasteiger partial charge < -0.3 is 20.3 Å². The second-order valence-electron chi connectivity index (χ2n) is 8.19. The van der Waals surface area contributed by atoms with E-state index in [1.54, 1.807) is 19.3 Å². The van der Waals surface area contributed by atoms with Gasteiger partial charge in [-0.05, 0) is 38.1 Å². The predicted octanol–water partition coefficient (Wildman–Crippen LogP) is 3.73. The highest BCUT2D eigenvalue weighted by Gasteiger charge is 2.34. The maximum absolute atomic E-state index is 13.2. The van der Waals surface area contributed by atoms with Gasteiger partial charge in [0.25, 0.3) is 0 Å². The summed E-state index contributed by atoms with van der Waals surface area (Å²) in [6, 6.07) is 9.62. The lowest BCUT2D eigenvalue weighted by molar-refractivity contribution is 0.0532. The number of carbonyl (C=O) groups excluding carboxylic acids is 2. The Kier molecular flexibility index (Phi) is 6.16. The van der Waals surface area contributed by atoms with E-state index in [1.165, 1.54) is 16.2 Å². The number of fused-ring (bicyclic) bond motifs is 1. The number of carbonyl (C=O) groups is 2. The highest BCUT2D eigenvalue weighted by molar-refractivity contribution is 7.17. The number of rotatable bonds is 5. The summed E-state index contributed by atoms with van der Waals surface area (Å²) in [6.07, 6.45) is 3.34. The van der Waals surface area contributed by atoms with Gasteiger partial charge in [0.05, 0.1) is 13.2 Å². The summed E-state index contributed by atoms with van der Waals surface area (Å²) in [5.74, 6) is -0.181. The fourth-order valence-corrected chi connectivity index (χ4v) is 5.32. The molecule has 4 heterocycles. The topological polar surface area (TPSA) is 99.7 Å². The third-order valence-electron chi connectivity index (χ3n) is 6.02. The maximum Gasteiger partial charge on any atom is 0.352 e. The average Bonchev–Trinajstić information content (AvgIpc) is 3.30. The number of hydrogen-bond donors (Lipinski definition) is 2. The van der Waals surface area contributed by atoms with Crippen molar-refractivity contribution in [2.75, 3.05) is 41.4 Å². The van der Waals surface area contributed by atoms with E-state index in [-0.39, 0.29) is 12.6 Å². The third-order valence-corrected chi connectivity index (χ3v) is 7.09. The second kappa shape index (κ2) is 9.40. The molecule has 0 aliphatic carbocycles. The van der Waals surface area contributed by atoms with Crippen LogP contribution in [-0.2, 0) is 11.3 Å². The molecule has 176 valence electrons. The van der Waals surface area contributed by atoms with E-state index in [0.29, 0.717) is 28.3 Å². The molecule has 0 radical (unpaired) electrons. The zero-order chi connectivity index (χ0) is 23.7. The van der Waals surface area contributed by atoms with Crippen LogP contribution in [0.5, 0.6) is 0 Å². The summed E-state index contributed by atoms with van der Waals surface area (Å²) < 4.78 is 5.29. The highest BCUT2D eigenvalue weighted by atomic mass is 32.1. The Morgan fingerprint density at radius 3 is 2.85 bits per heavy atom. The Labute approximate surface area is 201 Å². The largest absolute Gasteiger partial charge is 0.462 e. The maximum atomic E-state index is 13.2. The molecule has 1 aromatic carbocycles. The molecule has 1 unspecified atom stereocenters. The number of urea groups is 1. The number of pyridine rings is 1. The molecule has 2 aromatic heterocycles. The molecule has 2 amide bonds. The van der Waals surface area contributed by atoms with Gasteiger partial charge in [0.1, 0.15) is 5.01 Å². The van der Waals surface area contributed by atoms with Crippen LogP contribution in [-0.4, -0.2) is 54.3 Å². The quantitative estimate of drug-likeness (QED) is 0.539. The number of anilines is 3. The van der Waals surface area contributed by atoms with Gasteiger partial charge in [0.15, 0.2) is 10.7 Å². The molecule has 0 bridgehead atoms. The van der Waals surface area contributed by atoms with Crippen LogP contribution < -0.4 is 20.4 Å². The first-order valence-electron chi connectivity index (χ1n) is 11.3. The molecule has 1 saturated heterocycles. The summed E-state index contributed by atoms with van der Waals surface area (Å²) in [7, 11) is 0. The van der Waals surface area contributed by atoms with Gasteiger partial charge in [-0.15, -0.1) is 11.3 Å². The van der Waals surface area contributed by atoms with Crippen molar-refractivity contribution < 1.29 is 14.3 Å². The Hall–Kier alpha value is -3.50. The first-order valence-corrected chi connectivity index (χ1v) is 12.1. The third kappa shape index (κ3) is 4.10. The fourth-order valence-electron chi connectivity index (χ4n) is 4.35. The summed E-state index contributed by atoms with van der Waals surface area (Å²) in [6.45, 7) is 7.16. The molecular weight excluding hydrogens is 452 g/mol. The van der Waals surface area contributed by atoms with Gasteiger partial charge >= 0.3 is 12.0 Å². The molecule has 2 aliphatic rings. The minimum atomic E-state index is -0.488. The lowest BCUT2D eigenvalue weighted by Gasteiger charge is -2.39. The van der Waals surface area contributed by atoms with Crippen molar-refractivity contribution in [2.24, 2.45) is 0 Å². The van der Waals surface area contributed by atoms with Crippen molar-refractivity contribution in [3.8, 4) is 10.6 Å². The van der Waals surface area contributed by atoms with E-state index in [0.717, 1.165) is 42.1 Å². The standard InChI is InChI=1S/C24H26N6O3S/c1-3-33-23(31)20-21(28-22(34-20)16-7-9-25-10-8-16)30-14-17-18(27-24(30)32)5-4-6-19(17)29-12-11-26-13-15(29)2/h4-10,15,26H,3,11-14H2,1-2H3,(H,27,32). The average molecular weight is 479 g/mol. The molecule has 0 saturated carbocycles. The zero-order valence-electron chi connectivity index (χ0n) is 19.1. The smallest absolute Gasteiger partial charge is 0.352 e. The first-order chi connectivity index (χ1) is 16.6. The molecule has 2 aliphatic heterocycles. The number of benzene rings is 1. The number of nitrogens with zero attached hydrogens (tertiary/aromatic N) is 4. The summed E-state index contributed by atoms with van der Waals surface area (Å²) in [5, 5.41) is 7.04. The number of nitrogens with one attached hydrogen (secondary N) is 2. The van der Waals surface area contributed by atoms with E-state index in [4.69, 9.17) is 9.72 Å². The SMILES string of the molecule is CCOC(=O)c1sc(-c2ccncc2)nc1N1Cc2c(cccc2N2CCNCC2C)NC1=O. The monoisotopic (exact) mass is 478 g/mol. The van der Waals surface area contributed by atoms with Crippen molar-refractivity contribution in [2.45, 2.75) is 26.4 Å². The number of aromatic nitrogens is 2. The van der Waals surface area contributed by atoms with Crippen LogP contribution in [0.15, 0.2) is 42.7 Å². The van der Waals surface area contributed by atoms with Crippen LogP contribution in [0.1, 0.15) is 29.1 Å². The Balaban J connectivity index is 1.56. The lowest BCUT2D eigenvalue weighted by Crippen LogP contribution is -2.50. The normalized spacial score (nSPS) is 17.8. The Morgan fingerprint density at radius 1 is 1.26 bits per heavy atom. The van der Waals surface area contributed by atoms with E-state index >= 15 is 0 Å². The van der Waals surface area contributed by atoms with Gasteiger partial charge in [-0.1, -0.05) is 6.07 Å². The summed E-state index contributed by atoms with van der Waals surface area (Å²) in [4.78, 5) is 39.0. The molecule has 9 nitrogen and oxygen atoms in total. The second-order valence-corrected chi connectivity index (χ2v) is 9.19. The predicted molar refractivity (Wildman–Crippen MR) is 133 cm³/mol.